The van der Waals surface area contributed by atoms with Crippen LogP contribution < -0.4 is 0 Å². The van der Waals surface area contributed by atoms with Gasteiger partial charge in [-0.3, -0.25) is 15.1 Å². The highest BCUT2D eigenvalue weighted by molar-refractivity contribution is 7.22. The third-order valence-electron chi connectivity index (χ3n) is 3.06. The minimum atomic E-state index is -0.437. The molecule has 0 radical (unpaired) electrons. The minimum absolute atomic E-state index is 0.0312. The van der Waals surface area contributed by atoms with E-state index in [4.69, 9.17) is 0 Å². The summed E-state index contributed by atoms with van der Waals surface area (Å²) in [5, 5.41) is 20.3. The molecule has 0 spiro atoms. The van der Waals surface area contributed by atoms with Gasteiger partial charge in [0, 0.05) is 18.5 Å². The lowest BCUT2D eigenvalue weighted by atomic mass is 10.2. The van der Waals surface area contributed by atoms with Crippen molar-refractivity contribution in [1.29, 1.82) is 0 Å². The molecule has 110 valence electrons. The number of rotatable bonds is 4. The first kappa shape index (κ1) is 14.1. The Morgan fingerprint density at radius 3 is 2.86 bits per heavy atom. The van der Waals surface area contributed by atoms with Crippen LogP contribution in [0.5, 0.6) is 0 Å². The van der Waals surface area contributed by atoms with Crippen molar-refractivity contribution in [3.05, 3.63) is 27.4 Å². The van der Waals surface area contributed by atoms with Crippen LogP contribution >= 0.6 is 22.7 Å². The molecule has 21 heavy (non-hydrogen) atoms. The van der Waals surface area contributed by atoms with Crippen molar-refractivity contribution >= 4 is 33.9 Å². The Balaban J connectivity index is 1.70. The molecule has 0 amide bonds. The average molecular weight is 323 g/mol. The van der Waals surface area contributed by atoms with Crippen molar-refractivity contribution in [2.75, 3.05) is 13.1 Å². The Hall–Kier alpha value is -1.87. The zero-order chi connectivity index (χ0) is 14.7. The van der Waals surface area contributed by atoms with E-state index in [0.717, 1.165) is 30.1 Å². The van der Waals surface area contributed by atoms with Gasteiger partial charge in [0.25, 0.3) is 0 Å². The van der Waals surface area contributed by atoms with Gasteiger partial charge in [-0.25, -0.2) is 9.97 Å². The lowest BCUT2D eigenvalue weighted by molar-refractivity contribution is -0.380. The molecule has 1 aliphatic rings. The molecule has 2 aromatic rings. The van der Waals surface area contributed by atoms with Crippen molar-refractivity contribution in [2.24, 2.45) is 5.10 Å². The summed E-state index contributed by atoms with van der Waals surface area (Å²) in [5.41, 5.74) is 0.762. The first-order chi connectivity index (χ1) is 10.2. The molecule has 0 aromatic carbocycles. The van der Waals surface area contributed by atoms with E-state index in [-0.39, 0.29) is 5.00 Å². The molecule has 9 heteroatoms. The van der Waals surface area contributed by atoms with Crippen molar-refractivity contribution in [1.82, 2.24) is 15.0 Å². The van der Waals surface area contributed by atoms with Crippen molar-refractivity contribution < 1.29 is 4.92 Å². The summed E-state index contributed by atoms with van der Waals surface area (Å²) in [6.45, 7) is 1.98. The molecule has 0 atom stereocenters. The van der Waals surface area contributed by atoms with E-state index >= 15 is 0 Å². The van der Waals surface area contributed by atoms with E-state index in [1.165, 1.54) is 36.8 Å². The molecular formula is C12H13N5O2S2. The van der Waals surface area contributed by atoms with Gasteiger partial charge in [0.05, 0.1) is 16.8 Å². The standard InChI is InChI=1S/C12H13N5O2S2/c18-17(19)10-7-13-11(21-10)12-15-9(8-20-12)6-14-16-4-2-1-3-5-16/h6-8H,1-5H2/b14-6+. The topological polar surface area (TPSA) is 84.5 Å². The van der Waals surface area contributed by atoms with Crippen molar-refractivity contribution in [2.45, 2.75) is 19.3 Å². The fourth-order valence-corrected chi connectivity index (χ4v) is 3.57. The van der Waals surface area contributed by atoms with E-state index in [1.807, 2.05) is 5.38 Å². The van der Waals surface area contributed by atoms with E-state index < -0.39 is 4.92 Å². The van der Waals surface area contributed by atoms with Crippen LogP contribution in [0.25, 0.3) is 10.0 Å². The monoisotopic (exact) mass is 323 g/mol. The largest absolute Gasteiger partial charge is 0.344 e. The maximum Gasteiger partial charge on any atom is 0.344 e. The molecule has 0 bridgehead atoms. The van der Waals surface area contributed by atoms with Gasteiger partial charge in [-0.05, 0) is 30.6 Å². The SMILES string of the molecule is O=[N+]([O-])c1cnc(-c2nc(/C=N/N3CCCCC3)cs2)s1. The van der Waals surface area contributed by atoms with E-state index in [2.05, 4.69) is 20.1 Å². The molecule has 2 aromatic heterocycles. The Morgan fingerprint density at radius 1 is 1.33 bits per heavy atom. The van der Waals surface area contributed by atoms with Gasteiger partial charge in [0.2, 0.25) is 0 Å². The predicted molar refractivity (Wildman–Crippen MR) is 82.9 cm³/mol. The van der Waals surface area contributed by atoms with Crippen molar-refractivity contribution in [3.63, 3.8) is 0 Å². The van der Waals surface area contributed by atoms with Gasteiger partial charge in [-0.2, -0.15) is 5.10 Å². The van der Waals surface area contributed by atoms with Crippen LogP contribution in [0.3, 0.4) is 0 Å². The van der Waals surface area contributed by atoms with Crippen LogP contribution in [0.1, 0.15) is 25.0 Å². The quantitative estimate of drug-likeness (QED) is 0.490. The van der Waals surface area contributed by atoms with E-state index in [0.29, 0.717) is 10.0 Å². The first-order valence-electron chi connectivity index (χ1n) is 6.57. The third-order valence-corrected chi connectivity index (χ3v) is 5.02. The molecule has 3 heterocycles. The first-order valence-corrected chi connectivity index (χ1v) is 8.27. The summed E-state index contributed by atoms with van der Waals surface area (Å²) >= 11 is 2.46. The van der Waals surface area contributed by atoms with Gasteiger partial charge >= 0.3 is 5.00 Å². The van der Waals surface area contributed by atoms with Gasteiger partial charge in [-0.1, -0.05) is 0 Å². The maximum atomic E-state index is 10.7. The highest BCUT2D eigenvalue weighted by Crippen LogP contribution is 2.31. The lowest BCUT2D eigenvalue weighted by Crippen LogP contribution is -2.24. The second-order valence-corrected chi connectivity index (χ2v) is 6.46. The second-order valence-electron chi connectivity index (χ2n) is 4.60. The molecule has 1 fully saturated rings. The van der Waals surface area contributed by atoms with Crippen LogP contribution in [0.4, 0.5) is 5.00 Å². The molecule has 1 aliphatic heterocycles. The lowest BCUT2D eigenvalue weighted by Gasteiger charge is -2.22. The Kier molecular flexibility index (Phi) is 4.20. The number of hydrogen-bond donors (Lipinski definition) is 0. The molecule has 0 N–H and O–H groups in total. The predicted octanol–water partition coefficient (Wildman–Crippen LogP) is 2.99. The normalized spacial score (nSPS) is 15.7. The summed E-state index contributed by atoms with van der Waals surface area (Å²) in [6.07, 6.45) is 6.65. The molecule has 0 unspecified atom stereocenters. The minimum Gasteiger partial charge on any atom is -0.297 e. The number of thiazole rings is 2. The summed E-state index contributed by atoms with van der Waals surface area (Å²) in [7, 11) is 0. The second kappa shape index (κ2) is 6.27. The number of nitrogens with zero attached hydrogens (tertiary/aromatic N) is 5. The van der Waals surface area contributed by atoms with Crippen LogP contribution in [0.2, 0.25) is 0 Å². The van der Waals surface area contributed by atoms with Crippen molar-refractivity contribution in [3.8, 4) is 10.0 Å². The van der Waals surface area contributed by atoms with Crippen LogP contribution in [0, 0.1) is 10.1 Å². The molecule has 1 saturated heterocycles. The number of nitro groups is 1. The number of hydrazone groups is 1. The highest BCUT2D eigenvalue weighted by atomic mass is 32.1. The van der Waals surface area contributed by atoms with E-state index in [1.54, 1.807) is 6.21 Å². The summed E-state index contributed by atoms with van der Waals surface area (Å²) in [4.78, 5) is 18.7. The highest BCUT2D eigenvalue weighted by Gasteiger charge is 2.15. The summed E-state index contributed by atoms with van der Waals surface area (Å²) in [5.74, 6) is 0. The maximum absolute atomic E-state index is 10.7. The van der Waals surface area contributed by atoms with Crippen LogP contribution in [0.15, 0.2) is 16.7 Å². The Labute approximate surface area is 129 Å². The molecule has 0 saturated carbocycles. The smallest absolute Gasteiger partial charge is 0.297 e. The van der Waals surface area contributed by atoms with Gasteiger partial charge in [0.1, 0.15) is 6.20 Å². The molecule has 3 rings (SSSR count). The summed E-state index contributed by atoms with van der Waals surface area (Å²) in [6, 6.07) is 0. The zero-order valence-electron chi connectivity index (χ0n) is 11.1. The molecule has 7 nitrogen and oxygen atoms in total. The fraction of sp³-hybridized carbons (Fsp3) is 0.417. The van der Waals surface area contributed by atoms with Gasteiger partial charge in [-0.15, -0.1) is 11.3 Å². The average Bonchev–Trinajstić information content (AvgIpc) is 3.15. The third kappa shape index (κ3) is 3.42. The summed E-state index contributed by atoms with van der Waals surface area (Å²) < 4.78 is 0. The Morgan fingerprint density at radius 2 is 2.14 bits per heavy atom. The zero-order valence-corrected chi connectivity index (χ0v) is 12.8. The Bertz CT molecular complexity index is 660. The fourth-order valence-electron chi connectivity index (χ4n) is 2.03. The number of piperidine rings is 1. The number of aromatic nitrogens is 2. The number of hydrogen-bond acceptors (Lipinski definition) is 8. The van der Waals surface area contributed by atoms with Gasteiger partial charge < -0.3 is 0 Å². The van der Waals surface area contributed by atoms with Crippen LogP contribution in [-0.4, -0.2) is 39.2 Å². The van der Waals surface area contributed by atoms with E-state index in [9.17, 15) is 10.1 Å². The van der Waals surface area contributed by atoms with Crippen LogP contribution in [-0.2, 0) is 0 Å². The molecular weight excluding hydrogens is 310 g/mol. The molecule has 0 aliphatic carbocycles. The van der Waals surface area contributed by atoms with Gasteiger partial charge in [0.15, 0.2) is 10.0 Å².